The Balaban J connectivity index is 0.000000143. The van der Waals surface area contributed by atoms with Gasteiger partial charge in [0, 0.05) is 100 Å². The van der Waals surface area contributed by atoms with Crippen molar-refractivity contribution < 1.29 is 65.6 Å². The van der Waals surface area contributed by atoms with Gasteiger partial charge in [0.05, 0.1) is 114 Å². The van der Waals surface area contributed by atoms with Crippen LogP contribution in [0.5, 0.6) is 23.0 Å². The molecular weight excluding hydrogens is 1680 g/mol. The van der Waals surface area contributed by atoms with Gasteiger partial charge in [-0.1, -0.05) is 79.5 Å². The van der Waals surface area contributed by atoms with Gasteiger partial charge in [-0.15, -0.1) is 0 Å². The number of benzene rings is 6. The summed E-state index contributed by atoms with van der Waals surface area (Å²) in [6.07, 6.45) is 8.61. The molecule has 18 rings (SSSR count). The van der Waals surface area contributed by atoms with Gasteiger partial charge in [0.1, 0.15) is 64.8 Å². The number of aromatic hydroxyl groups is 3. The number of fused-ring (bicyclic) bond motifs is 6. The summed E-state index contributed by atoms with van der Waals surface area (Å²) in [6, 6.07) is 18.0. The highest BCUT2D eigenvalue weighted by atomic mass is 19.1. The number of piperazine rings is 3. The number of phenolic OH excluding ortho intramolecular Hbond substituents is 3. The molecule has 130 heavy (non-hydrogen) atoms. The first-order chi connectivity index (χ1) is 62.0. The number of aromatic nitrogens is 9. The number of nitrogens with one attached hydrogen (secondary N) is 1. The molecule has 6 aliphatic rings. The summed E-state index contributed by atoms with van der Waals surface area (Å²) in [5, 5.41) is 35.9. The zero-order valence-corrected chi connectivity index (χ0v) is 73.3. The van der Waals surface area contributed by atoms with Crippen LogP contribution in [0.15, 0.2) is 162 Å². The van der Waals surface area contributed by atoms with Gasteiger partial charge >= 0.3 is 17.1 Å². The van der Waals surface area contributed by atoms with Gasteiger partial charge < -0.3 is 59.7 Å². The molecular formula is C96H93F6N17O11. The van der Waals surface area contributed by atoms with E-state index in [-0.39, 0.29) is 183 Å². The molecule has 4 N–H and O–H groups in total. The minimum absolute atomic E-state index is 0.0299. The maximum absolute atomic E-state index is 16.8. The highest BCUT2D eigenvalue weighted by Crippen LogP contribution is 2.51. The Bertz CT molecular complexity index is 6670. The molecule has 0 spiro atoms. The van der Waals surface area contributed by atoms with Crippen molar-refractivity contribution in [2.45, 2.75) is 124 Å². The van der Waals surface area contributed by atoms with Gasteiger partial charge in [0.2, 0.25) is 17.7 Å². The maximum Gasteiger partial charge on any atom is 0.354 e. The van der Waals surface area contributed by atoms with E-state index in [0.717, 1.165) is 40.3 Å². The molecule has 5 unspecified atom stereocenters. The molecule has 12 heterocycles. The summed E-state index contributed by atoms with van der Waals surface area (Å²) in [7, 11) is 1.39. The number of anilines is 5. The van der Waals surface area contributed by atoms with Crippen molar-refractivity contribution in [3.8, 4) is 73.4 Å². The molecule has 28 nitrogen and oxygen atoms in total. The van der Waals surface area contributed by atoms with Crippen molar-refractivity contribution in [1.82, 2.24) is 58.3 Å². The molecule has 12 aromatic rings. The lowest BCUT2D eigenvalue weighted by Gasteiger charge is -2.45. The van der Waals surface area contributed by atoms with Crippen LogP contribution < -0.4 is 46.7 Å². The minimum atomic E-state index is -0.993. The van der Waals surface area contributed by atoms with E-state index in [4.69, 9.17) is 4.74 Å². The van der Waals surface area contributed by atoms with E-state index in [1.165, 1.54) is 92.4 Å². The van der Waals surface area contributed by atoms with Crippen LogP contribution >= 0.6 is 0 Å². The normalized spacial score (nSPS) is 17.4. The molecule has 6 aromatic carbocycles. The van der Waals surface area contributed by atoms with Crippen LogP contribution in [0, 0.1) is 55.7 Å². The van der Waals surface area contributed by atoms with Crippen molar-refractivity contribution in [2.24, 2.45) is 0 Å². The lowest BCUT2D eigenvalue weighted by Crippen LogP contribution is -2.61. The summed E-state index contributed by atoms with van der Waals surface area (Å²) in [6.45, 7) is 33.4. The second-order valence-corrected chi connectivity index (χ2v) is 34.1. The number of amides is 4. The van der Waals surface area contributed by atoms with Crippen LogP contribution in [-0.2, 0) is 19.2 Å². The predicted octanol–water partition coefficient (Wildman–Crippen LogP) is 13.8. The average Bonchev–Trinajstić information content (AvgIpc) is 1.44. The second-order valence-electron chi connectivity index (χ2n) is 34.1. The van der Waals surface area contributed by atoms with Crippen molar-refractivity contribution >= 4 is 85.2 Å². The molecule has 34 heteroatoms. The second kappa shape index (κ2) is 34.5. The van der Waals surface area contributed by atoms with Gasteiger partial charge in [-0.25, -0.2) is 40.7 Å². The largest absolute Gasteiger partial charge is 0.507 e. The molecule has 0 aliphatic carbocycles. The number of ether oxygens (including phenoxy) is 1. The first-order valence-corrected chi connectivity index (χ1v) is 42.4. The van der Waals surface area contributed by atoms with Crippen molar-refractivity contribution in [3.05, 3.63) is 248 Å². The van der Waals surface area contributed by atoms with E-state index in [1.807, 2.05) is 86.0 Å². The first kappa shape index (κ1) is 88.7. The standard InChI is InChI=1S/C32H30F2N6O4.C32H32F2N6O3.C32H31F2N5O4/c1-6-23(42)38-12-13-39-21(15-38)31(43)37(5)29-25-20(14-18(26(29)34)24-19(33)8-7-9-22(24)41)40(32(44)36-30(25)39)28-17(4)10-11-35-27(28)16(2)3;1-6-24(42)38-14-18(5)39-19(15-38)13-36-29-26-22(12-20(27(29)34)25-21(33)8-7-9-23(25)41)40(32(43)37-31(26)39)30-17(4)10-11-35-28(30)16(2)3;1-6-24(41)37-13-18(5)38-19(14-37)15-43-30-26-22(12-20(27(30)34)25-21(33)8-7-9-23(25)40)39(32(42)36-31(26)38)29-17(4)10-11-35-28(29)16(2)3/h6-11,14,16,21,41H,1,12-13,15H2,2-5H3;6-12,16,18-19,36,41H,1,13-15H2,2-5H3;6-12,16,18-19,40H,1,13-15H2,2-5H3. The highest BCUT2D eigenvalue weighted by molar-refractivity contribution is 6.15. The van der Waals surface area contributed by atoms with E-state index >= 15 is 26.3 Å². The lowest BCUT2D eigenvalue weighted by molar-refractivity contribution is -0.129. The number of carbonyl (C=O) groups is 4. The molecule has 3 saturated heterocycles. The third kappa shape index (κ3) is 14.8. The topological polar surface area (TPSA) is 316 Å². The number of rotatable bonds is 12. The number of carbonyl (C=O) groups excluding carboxylic acids is 4. The third-order valence-electron chi connectivity index (χ3n) is 24.8. The summed E-state index contributed by atoms with van der Waals surface area (Å²) < 4.78 is 106. The van der Waals surface area contributed by atoms with E-state index in [0.29, 0.717) is 64.7 Å². The number of pyridine rings is 3. The highest BCUT2D eigenvalue weighted by Gasteiger charge is 2.46. The quantitative estimate of drug-likeness (QED) is 0.0652. The number of phenols is 3. The number of hydrogen-bond acceptors (Lipinski definition) is 21. The van der Waals surface area contributed by atoms with Crippen LogP contribution in [0.3, 0.4) is 0 Å². The van der Waals surface area contributed by atoms with Crippen LogP contribution in [0.25, 0.3) is 83.2 Å². The Morgan fingerprint density at radius 2 is 0.877 bits per heavy atom. The Morgan fingerprint density at radius 1 is 0.485 bits per heavy atom. The fourth-order valence-corrected chi connectivity index (χ4v) is 18.9. The maximum atomic E-state index is 16.8. The van der Waals surface area contributed by atoms with Crippen molar-refractivity contribution in [2.75, 3.05) is 90.9 Å². The average molecular weight is 1770 g/mol. The molecule has 0 radical (unpaired) electrons. The predicted molar refractivity (Wildman–Crippen MR) is 483 cm³/mol. The Labute approximate surface area is 741 Å². The van der Waals surface area contributed by atoms with Crippen LogP contribution in [0.1, 0.15) is 107 Å². The van der Waals surface area contributed by atoms with Crippen molar-refractivity contribution in [3.63, 3.8) is 0 Å². The summed E-state index contributed by atoms with van der Waals surface area (Å²) in [4.78, 5) is 132. The SMILES string of the molecule is C=CC(=O)N1CC(C)N2c3nc(=O)n(-c4c(C)ccnc4C(C)C)c4cc(-c5c(O)cccc5F)c(F)c(c34)NCC2C1.C=CC(=O)N1CC(C)N2c3nc(=O)n(-c4c(C)ccnc4C(C)C)c4cc(-c5c(O)cccc5F)c(F)c(c34)OCC2C1.C=CC(=O)N1CCN2c3nc(=O)n(-c4c(C)ccnc4C(C)C)c4cc(-c5c(O)cccc5F)c(F)c(c34)N(C)C(=O)C2C1. The molecule has 670 valence electrons. The molecule has 5 atom stereocenters. The lowest BCUT2D eigenvalue weighted by atomic mass is 9.98. The Kier molecular flexibility index (Phi) is 23.5. The minimum Gasteiger partial charge on any atom is -0.507 e. The van der Waals surface area contributed by atoms with E-state index < -0.39 is 92.8 Å². The number of nitrogens with zero attached hydrogens (tertiary/aromatic N) is 16. The summed E-state index contributed by atoms with van der Waals surface area (Å²) in [5.41, 5.74) is 2.03. The van der Waals surface area contributed by atoms with E-state index in [1.54, 1.807) is 51.5 Å². The smallest absolute Gasteiger partial charge is 0.354 e. The molecule has 4 amide bonds. The molecule has 0 saturated carbocycles. The van der Waals surface area contributed by atoms with E-state index in [9.17, 15) is 48.9 Å². The molecule has 3 fully saturated rings. The molecule has 6 aromatic heterocycles. The fourth-order valence-electron chi connectivity index (χ4n) is 18.9. The summed E-state index contributed by atoms with van der Waals surface area (Å²) >= 11 is 0. The zero-order valence-electron chi connectivity index (χ0n) is 73.3. The first-order valence-electron chi connectivity index (χ1n) is 42.4. The monoisotopic (exact) mass is 1770 g/mol. The Morgan fingerprint density at radius 3 is 1.32 bits per heavy atom. The van der Waals surface area contributed by atoms with Crippen LogP contribution in [0.2, 0.25) is 0 Å². The van der Waals surface area contributed by atoms with Crippen LogP contribution in [0.4, 0.5) is 55.2 Å². The van der Waals surface area contributed by atoms with Gasteiger partial charge in [0.25, 0.3) is 5.91 Å². The number of hydrogen-bond donors (Lipinski definition) is 4. The van der Waals surface area contributed by atoms with Gasteiger partial charge in [-0.3, -0.25) is 47.8 Å². The fraction of sp³-hybridized carbons (Fsp3) is 0.302. The number of aryl methyl sites for hydroxylation is 3. The molecule has 0 bridgehead atoms. The van der Waals surface area contributed by atoms with Crippen LogP contribution in [-0.4, -0.2) is 193 Å². The van der Waals surface area contributed by atoms with E-state index in [2.05, 4.69) is 55.0 Å². The number of halogens is 6. The zero-order chi connectivity index (χ0) is 93.1. The van der Waals surface area contributed by atoms with Gasteiger partial charge in [-0.2, -0.15) is 15.0 Å². The molecule has 6 aliphatic heterocycles. The number of likely N-dealkylation sites (N-methyl/N-ethyl adjacent to an activating group) is 1. The van der Waals surface area contributed by atoms with Gasteiger partial charge in [-0.05, 0) is 160 Å². The van der Waals surface area contributed by atoms with Crippen molar-refractivity contribution in [1.29, 1.82) is 0 Å². The van der Waals surface area contributed by atoms with Gasteiger partial charge in [0.15, 0.2) is 23.2 Å². The third-order valence-corrected chi connectivity index (χ3v) is 24.8. The summed E-state index contributed by atoms with van der Waals surface area (Å²) in [5.74, 6) is -7.98. The Hall–Kier alpha value is -14.7.